The standard InChI is InChI=1S/C19H17F3N2O3/c20-19(21,22)27-15-4-1-13(2-5-15)14-3-6-17-16(9-14)24(18(25)26-17)11-12-7-8-23-10-12/h1-6,9,12,23H,7-8,10-11H2. The normalized spacial score (nSPS) is 17.5. The van der Waals surface area contributed by atoms with Gasteiger partial charge in [0.25, 0.3) is 0 Å². The molecule has 142 valence electrons. The van der Waals surface area contributed by atoms with Gasteiger partial charge in [0.2, 0.25) is 0 Å². The second-order valence-electron chi connectivity index (χ2n) is 6.59. The third-order valence-electron chi connectivity index (χ3n) is 4.69. The molecular formula is C19H17F3N2O3. The number of fused-ring (bicyclic) bond motifs is 1. The van der Waals surface area contributed by atoms with Crippen molar-refractivity contribution in [3.63, 3.8) is 0 Å². The molecule has 1 saturated heterocycles. The fourth-order valence-electron chi connectivity index (χ4n) is 3.39. The third-order valence-corrected chi connectivity index (χ3v) is 4.69. The molecule has 0 aliphatic carbocycles. The Morgan fingerprint density at radius 2 is 1.89 bits per heavy atom. The summed E-state index contributed by atoms with van der Waals surface area (Å²) >= 11 is 0. The van der Waals surface area contributed by atoms with E-state index >= 15 is 0 Å². The van der Waals surface area contributed by atoms with Crippen molar-refractivity contribution in [3.8, 4) is 16.9 Å². The lowest BCUT2D eigenvalue weighted by atomic mass is 10.0. The molecule has 1 fully saturated rings. The number of ether oxygens (including phenoxy) is 1. The molecule has 0 bridgehead atoms. The minimum atomic E-state index is -4.72. The van der Waals surface area contributed by atoms with E-state index < -0.39 is 12.1 Å². The number of oxazole rings is 1. The van der Waals surface area contributed by atoms with E-state index in [1.807, 2.05) is 6.07 Å². The van der Waals surface area contributed by atoms with E-state index in [0.717, 1.165) is 25.1 Å². The molecule has 0 radical (unpaired) electrons. The number of alkyl halides is 3. The first-order chi connectivity index (χ1) is 12.9. The fraction of sp³-hybridized carbons (Fsp3) is 0.316. The van der Waals surface area contributed by atoms with Crippen LogP contribution in [0, 0.1) is 5.92 Å². The van der Waals surface area contributed by atoms with Gasteiger partial charge in [-0.15, -0.1) is 13.2 Å². The molecule has 1 atom stereocenters. The van der Waals surface area contributed by atoms with Crippen LogP contribution >= 0.6 is 0 Å². The van der Waals surface area contributed by atoms with Crippen molar-refractivity contribution >= 4 is 11.1 Å². The summed E-state index contributed by atoms with van der Waals surface area (Å²) in [6, 6.07) is 10.9. The van der Waals surface area contributed by atoms with Gasteiger partial charge in [0.15, 0.2) is 5.58 Å². The number of aromatic nitrogens is 1. The number of benzene rings is 2. The van der Waals surface area contributed by atoms with Crippen LogP contribution in [-0.4, -0.2) is 24.0 Å². The summed E-state index contributed by atoms with van der Waals surface area (Å²) < 4.78 is 47.7. The van der Waals surface area contributed by atoms with Gasteiger partial charge in [0.05, 0.1) is 5.52 Å². The van der Waals surface area contributed by atoms with Crippen molar-refractivity contribution < 1.29 is 22.3 Å². The fourth-order valence-corrected chi connectivity index (χ4v) is 3.39. The SMILES string of the molecule is O=c1oc2ccc(-c3ccc(OC(F)(F)F)cc3)cc2n1CC1CCNC1. The number of hydrogen-bond acceptors (Lipinski definition) is 4. The summed E-state index contributed by atoms with van der Waals surface area (Å²) in [5.74, 6) is -0.310. The van der Waals surface area contributed by atoms with Crippen molar-refractivity contribution in [3.05, 3.63) is 53.0 Å². The maximum absolute atomic E-state index is 12.3. The van der Waals surface area contributed by atoms with Gasteiger partial charge in [-0.05, 0) is 60.8 Å². The lowest BCUT2D eigenvalue weighted by Gasteiger charge is -2.10. The topological polar surface area (TPSA) is 56.4 Å². The van der Waals surface area contributed by atoms with Crippen LogP contribution in [0.1, 0.15) is 6.42 Å². The summed E-state index contributed by atoms with van der Waals surface area (Å²) in [4.78, 5) is 12.2. The predicted octanol–water partition coefficient (Wildman–Crippen LogP) is 3.77. The van der Waals surface area contributed by atoms with Crippen LogP contribution in [0.15, 0.2) is 51.7 Å². The molecule has 1 aromatic heterocycles. The molecule has 2 heterocycles. The van der Waals surface area contributed by atoms with E-state index in [1.165, 1.54) is 12.1 Å². The van der Waals surface area contributed by atoms with Crippen LogP contribution in [0.25, 0.3) is 22.2 Å². The van der Waals surface area contributed by atoms with Gasteiger partial charge in [-0.3, -0.25) is 4.57 Å². The first kappa shape index (κ1) is 17.7. The average Bonchev–Trinajstić information content (AvgIpc) is 3.23. The Labute approximate surface area is 152 Å². The van der Waals surface area contributed by atoms with E-state index in [-0.39, 0.29) is 5.75 Å². The molecule has 0 amide bonds. The van der Waals surface area contributed by atoms with Crippen molar-refractivity contribution in [2.24, 2.45) is 5.92 Å². The van der Waals surface area contributed by atoms with Gasteiger partial charge in [-0.1, -0.05) is 18.2 Å². The van der Waals surface area contributed by atoms with Crippen molar-refractivity contribution in [1.29, 1.82) is 0 Å². The van der Waals surface area contributed by atoms with E-state index in [2.05, 4.69) is 10.1 Å². The number of nitrogens with zero attached hydrogens (tertiary/aromatic N) is 1. The molecule has 3 aromatic rings. The zero-order chi connectivity index (χ0) is 19.0. The summed E-state index contributed by atoms with van der Waals surface area (Å²) in [5.41, 5.74) is 2.67. The summed E-state index contributed by atoms with van der Waals surface area (Å²) in [6.45, 7) is 2.37. The lowest BCUT2D eigenvalue weighted by Crippen LogP contribution is -2.21. The molecule has 2 aromatic carbocycles. The van der Waals surface area contributed by atoms with Crippen molar-refractivity contribution in [1.82, 2.24) is 9.88 Å². The number of hydrogen-bond donors (Lipinski definition) is 1. The van der Waals surface area contributed by atoms with E-state index in [1.54, 1.807) is 28.8 Å². The van der Waals surface area contributed by atoms with Crippen LogP contribution < -0.4 is 15.8 Å². The molecule has 8 heteroatoms. The van der Waals surface area contributed by atoms with E-state index in [9.17, 15) is 18.0 Å². The zero-order valence-electron chi connectivity index (χ0n) is 14.3. The molecule has 0 saturated carbocycles. The molecule has 1 N–H and O–H groups in total. The summed E-state index contributed by atoms with van der Waals surface area (Å²) in [7, 11) is 0. The van der Waals surface area contributed by atoms with Crippen LogP contribution in [-0.2, 0) is 6.54 Å². The van der Waals surface area contributed by atoms with Crippen LogP contribution in [0.3, 0.4) is 0 Å². The molecule has 5 nitrogen and oxygen atoms in total. The monoisotopic (exact) mass is 378 g/mol. The van der Waals surface area contributed by atoms with Gasteiger partial charge in [-0.25, -0.2) is 4.79 Å². The van der Waals surface area contributed by atoms with Gasteiger partial charge in [0.1, 0.15) is 5.75 Å². The minimum Gasteiger partial charge on any atom is -0.408 e. The van der Waals surface area contributed by atoms with Gasteiger partial charge in [0, 0.05) is 6.54 Å². The van der Waals surface area contributed by atoms with E-state index in [4.69, 9.17) is 4.42 Å². The maximum Gasteiger partial charge on any atom is 0.573 e. The van der Waals surface area contributed by atoms with Crippen LogP contribution in [0.2, 0.25) is 0 Å². The van der Waals surface area contributed by atoms with E-state index in [0.29, 0.717) is 29.1 Å². The van der Waals surface area contributed by atoms with Crippen LogP contribution in [0.4, 0.5) is 13.2 Å². The third kappa shape index (κ3) is 3.85. The molecule has 0 spiro atoms. The lowest BCUT2D eigenvalue weighted by molar-refractivity contribution is -0.274. The van der Waals surface area contributed by atoms with Crippen molar-refractivity contribution in [2.45, 2.75) is 19.3 Å². The number of rotatable bonds is 4. The summed E-state index contributed by atoms with van der Waals surface area (Å²) in [5, 5.41) is 3.27. The Morgan fingerprint density at radius 3 is 2.56 bits per heavy atom. The number of halogens is 3. The second-order valence-corrected chi connectivity index (χ2v) is 6.59. The zero-order valence-corrected chi connectivity index (χ0v) is 14.3. The summed E-state index contributed by atoms with van der Waals surface area (Å²) in [6.07, 6.45) is -3.72. The Hall–Kier alpha value is -2.74. The minimum absolute atomic E-state index is 0.277. The first-order valence-electron chi connectivity index (χ1n) is 8.59. The highest BCUT2D eigenvalue weighted by Crippen LogP contribution is 2.28. The Morgan fingerprint density at radius 1 is 1.15 bits per heavy atom. The smallest absolute Gasteiger partial charge is 0.408 e. The molecule has 27 heavy (non-hydrogen) atoms. The highest BCUT2D eigenvalue weighted by molar-refractivity contribution is 5.80. The molecule has 4 rings (SSSR count). The largest absolute Gasteiger partial charge is 0.573 e. The van der Waals surface area contributed by atoms with Crippen LogP contribution in [0.5, 0.6) is 5.75 Å². The number of nitrogens with one attached hydrogen (secondary N) is 1. The Bertz CT molecular complexity index is 1000. The Balaban J connectivity index is 1.65. The van der Waals surface area contributed by atoms with Gasteiger partial charge < -0.3 is 14.5 Å². The van der Waals surface area contributed by atoms with Gasteiger partial charge in [-0.2, -0.15) is 0 Å². The maximum atomic E-state index is 12.3. The average molecular weight is 378 g/mol. The first-order valence-corrected chi connectivity index (χ1v) is 8.59. The quantitative estimate of drug-likeness (QED) is 0.751. The molecule has 1 unspecified atom stereocenters. The highest BCUT2D eigenvalue weighted by Gasteiger charge is 2.31. The molecule has 1 aliphatic heterocycles. The molecule has 1 aliphatic rings. The predicted molar refractivity (Wildman–Crippen MR) is 93.6 cm³/mol. The van der Waals surface area contributed by atoms with Crippen molar-refractivity contribution in [2.75, 3.05) is 13.1 Å². The highest BCUT2D eigenvalue weighted by atomic mass is 19.4. The van der Waals surface area contributed by atoms with Gasteiger partial charge >= 0.3 is 12.1 Å². The Kier molecular flexibility index (Phi) is 4.43. The second kappa shape index (κ2) is 6.77. The molecular weight excluding hydrogens is 361 g/mol.